The first-order valence-electron chi connectivity index (χ1n) is 7.46. The molecule has 6 heteroatoms. The van der Waals surface area contributed by atoms with E-state index in [0.717, 1.165) is 45.0 Å². The van der Waals surface area contributed by atoms with Crippen molar-refractivity contribution < 1.29 is 9.84 Å². The lowest BCUT2D eigenvalue weighted by Gasteiger charge is -2.32. The highest BCUT2D eigenvalue weighted by Gasteiger charge is 2.12. The quantitative estimate of drug-likeness (QED) is 0.389. The van der Waals surface area contributed by atoms with Gasteiger partial charge in [0.05, 0.1) is 24.6 Å². The van der Waals surface area contributed by atoms with Crippen molar-refractivity contribution in [2.45, 2.75) is 0 Å². The second-order valence-electron chi connectivity index (χ2n) is 5.46. The van der Waals surface area contributed by atoms with Gasteiger partial charge in [-0.1, -0.05) is 0 Å². The van der Waals surface area contributed by atoms with Crippen molar-refractivity contribution in [3.63, 3.8) is 0 Å². The van der Waals surface area contributed by atoms with E-state index in [-0.39, 0.29) is 5.75 Å². The Morgan fingerprint density at radius 1 is 1.24 bits per heavy atom. The number of piperazine rings is 1. The van der Waals surface area contributed by atoms with Gasteiger partial charge in [0.25, 0.3) is 0 Å². The van der Waals surface area contributed by atoms with Crippen molar-refractivity contribution in [3.05, 3.63) is 18.2 Å². The summed E-state index contributed by atoms with van der Waals surface area (Å²) in [6.07, 6.45) is 0. The highest BCUT2D eigenvalue weighted by molar-refractivity contribution is 5.67. The highest BCUT2D eigenvalue weighted by atomic mass is 16.5. The number of phenols is 1. The fourth-order valence-corrected chi connectivity index (χ4v) is 2.32. The van der Waals surface area contributed by atoms with E-state index in [1.54, 1.807) is 18.2 Å². The van der Waals surface area contributed by atoms with Gasteiger partial charge in [-0.05, 0) is 19.2 Å². The van der Waals surface area contributed by atoms with Gasteiger partial charge in [0.2, 0.25) is 0 Å². The molecule has 4 N–H and O–H groups in total. The van der Waals surface area contributed by atoms with Crippen LogP contribution in [0.3, 0.4) is 0 Å². The number of phenolic OH excluding ortho intramolecular Hbond substituents is 1. The Morgan fingerprint density at radius 2 is 2.00 bits per heavy atom. The van der Waals surface area contributed by atoms with Gasteiger partial charge in [-0.25, -0.2) is 0 Å². The van der Waals surface area contributed by atoms with Gasteiger partial charge in [-0.3, -0.25) is 4.90 Å². The van der Waals surface area contributed by atoms with Gasteiger partial charge in [-0.15, -0.1) is 0 Å². The lowest BCUT2D eigenvalue weighted by Crippen LogP contribution is -2.45. The van der Waals surface area contributed by atoms with Crippen LogP contribution in [0.25, 0.3) is 0 Å². The summed E-state index contributed by atoms with van der Waals surface area (Å²) in [5.41, 5.74) is 7.19. The van der Waals surface area contributed by atoms with Crippen LogP contribution < -0.4 is 11.1 Å². The number of nitrogens with two attached hydrogens (primary N) is 1. The molecule has 1 aliphatic heterocycles. The summed E-state index contributed by atoms with van der Waals surface area (Å²) in [7, 11) is 2.16. The number of nitrogens with zero attached hydrogens (tertiary/aromatic N) is 2. The Hall–Kier alpha value is -1.50. The molecule has 0 unspecified atom stereocenters. The molecular weight excluding hydrogens is 268 g/mol. The smallest absolute Gasteiger partial charge is 0.117 e. The maximum atomic E-state index is 9.41. The third-order valence-electron chi connectivity index (χ3n) is 3.75. The van der Waals surface area contributed by atoms with E-state index >= 15 is 0 Å². The summed E-state index contributed by atoms with van der Waals surface area (Å²) >= 11 is 0. The molecule has 0 bridgehead atoms. The molecule has 118 valence electrons. The van der Waals surface area contributed by atoms with Crippen LogP contribution in [-0.4, -0.2) is 74.4 Å². The number of nitrogens with one attached hydrogen (secondary N) is 1. The zero-order chi connectivity index (χ0) is 15.1. The van der Waals surface area contributed by atoms with E-state index in [2.05, 4.69) is 22.2 Å². The van der Waals surface area contributed by atoms with Crippen LogP contribution in [0.2, 0.25) is 0 Å². The van der Waals surface area contributed by atoms with Crippen LogP contribution in [0, 0.1) is 0 Å². The number of nitrogen functional groups attached to an aromatic ring is 1. The molecule has 21 heavy (non-hydrogen) atoms. The first kappa shape index (κ1) is 15.9. The predicted octanol–water partition coefficient (Wildman–Crippen LogP) is 0.650. The predicted molar refractivity (Wildman–Crippen MR) is 85.8 cm³/mol. The van der Waals surface area contributed by atoms with E-state index in [1.807, 2.05) is 0 Å². The fourth-order valence-electron chi connectivity index (χ4n) is 2.32. The SMILES string of the molecule is CN1CCN(CCOCCNc2cc(O)ccc2N)CC1. The number of benzene rings is 1. The molecule has 1 fully saturated rings. The number of rotatable bonds is 7. The Bertz CT molecular complexity index is 434. The van der Waals surface area contributed by atoms with E-state index in [4.69, 9.17) is 10.5 Å². The van der Waals surface area contributed by atoms with Gasteiger partial charge in [0.15, 0.2) is 0 Å². The van der Waals surface area contributed by atoms with Crippen LogP contribution >= 0.6 is 0 Å². The Morgan fingerprint density at radius 3 is 2.76 bits per heavy atom. The monoisotopic (exact) mass is 294 g/mol. The molecule has 2 rings (SSSR count). The maximum absolute atomic E-state index is 9.41. The van der Waals surface area contributed by atoms with Crippen molar-refractivity contribution in [1.82, 2.24) is 9.80 Å². The molecule has 0 spiro atoms. The number of aromatic hydroxyl groups is 1. The van der Waals surface area contributed by atoms with E-state index in [0.29, 0.717) is 18.8 Å². The summed E-state index contributed by atoms with van der Waals surface area (Å²) < 4.78 is 5.63. The largest absolute Gasteiger partial charge is 0.508 e. The molecule has 0 amide bonds. The first-order chi connectivity index (χ1) is 10.1. The number of anilines is 2. The van der Waals surface area contributed by atoms with Gasteiger partial charge >= 0.3 is 0 Å². The zero-order valence-electron chi connectivity index (χ0n) is 12.7. The van der Waals surface area contributed by atoms with E-state index in [9.17, 15) is 5.11 Å². The molecule has 0 aromatic heterocycles. The normalized spacial score (nSPS) is 17.0. The molecule has 0 saturated carbocycles. The third kappa shape index (κ3) is 5.41. The highest BCUT2D eigenvalue weighted by Crippen LogP contribution is 2.23. The van der Waals surface area contributed by atoms with Crippen molar-refractivity contribution >= 4 is 11.4 Å². The van der Waals surface area contributed by atoms with Crippen LogP contribution in [0.1, 0.15) is 0 Å². The Kier molecular flexibility index (Phi) is 6.10. The van der Waals surface area contributed by atoms with Crippen LogP contribution in [0.15, 0.2) is 18.2 Å². The first-order valence-corrected chi connectivity index (χ1v) is 7.46. The number of likely N-dealkylation sites (N-methyl/N-ethyl adjacent to an activating group) is 1. The molecule has 1 aromatic carbocycles. The van der Waals surface area contributed by atoms with Gasteiger partial charge < -0.3 is 25.8 Å². The van der Waals surface area contributed by atoms with E-state index < -0.39 is 0 Å². The van der Waals surface area contributed by atoms with Crippen LogP contribution in [-0.2, 0) is 4.74 Å². The molecule has 0 atom stereocenters. The molecule has 6 nitrogen and oxygen atoms in total. The minimum Gasteiger partial charge on any atom is -0.508 e. The third-order valence-corrected chi connectivity index (χ3v) is 3.75. The average Bonchev–Trinajstić information content (AvgIpc) is 2.48. The molecular formula is C15H26N4O2. The zero-order valence-corrected chi connectivity index (χ0v) is 12.7. The van der Waals surface area contributed by atoms with E-state index in [1.165, 1.54) is 0 Å². The standard InChI is InChI=1S/C15H26N4O2/c1-18-5-7-19(8-6-18)9-11-21-10-4-17-15-12-13(20)2-3-14(15)16/h2-3,12,17,20H,4-11,16H2,1H3. The van der Waals surface area contributed by atoms with Crippen molar-refractivity contribution in [2.75, 3.05) is 70.6 Å². The maximum Gasteiger partial charge on any atom is 0.117 e. The number of hydrogen-bond acceptors (Lipinski definition) is 6. The second kappa shape index (κ2) is 8.07. The summed E-state index contributed by atoms with van der Waals surface area (Å²) in [5, 5.41) is 12.6. The van der Waals surface area contributed by atoms with Gasteiger partial charge in [0.1, 0.15) is 5.75 Å². The van der Waals surface area contributed by atoms with Gasteiger partial charge in [-0.2, -0.15) is 0 Å². The Labute approximate surface area is 126 Å². The summed E-state index contributed by atoms with van der Waals surface area (Å²) in [6, 6.07) is 4.89. The number of hydrogen-bond donors (Lipinski definition) is 3. The fraction of sp³-hybridized carbons (Fsp3) is 0.600. The molecule has 1 aliphatic rings. The molecule has 0 radical (unpaired) electrons. The molecule has 1 saturated heterocycles. The minimum atomic E-state index is 0.211. The van der Waals surface area contributed by atoms with Crippen molar-refractivity contribution in [2.24, 2.45) is 0 Å². The molecule has 0 aliphatic carbocycles. The lowest BCUT2D eigenvalue weighted by atomic mass is 10.2. The van der Waals surface area contributed by atoms with Crippen molar-refractivity contribution in [1.29, 1.82) is 0 Å². The summed E-state index contributed by atoms with van der Waals surface area (Å²) in [6.45, 7) is 7.56. The van der Waals surface area contributed by atoms with Crippen molar-refractivity contribution in [3.8, 4) is 5.75 Å². The molecule has 1 heterocycles. The van der Waals surface area contributed by atoms with Crippen LogP contribution in [0.5, 0.6) is 5.75 Å². The minimum absolute atomic E-state index is 0.211. The second-order valence-corrected chi connectivity index (χ2v) is 5.46. The average molecular weight is 294 g/mol. The number of ether oxygens (including phenoxy) is 1. The summed E-state index contributed by atoms with van der Waals surface area (Å²) in [5.74, 6) is 0.211. The molecule has 1 aromatic rings. The summed E-state index contributed by atoms with van der Waals surface area (Å²) in [4.78, 5) is 4.78. The Balaban J connectivity index is 1.55. The van der Waals surface area contributed by atoms with Gasteiger partial charge in [0, 0.05) is 45.3 Å². The topological polar surface area (TPSA) is 74.0 Å². The van der Waals surface area contributed by atoms with Crippen LogP contribution in [0.4, 0.5) is 11.4 Å². The lowest BCUT2D eigenvalue weighted by molar-refractivity contribution is 0.0866.